The average Bonchev–Trinajstić information content (AvgIpc) is 2.16. The molecule has 0 saturated heterocycles. The molecule has 0 saturated carbocycles. The van der Waals surface area contributed by atoms with E-state index in [1.54, 1.807) is 0 Å². The second-order valence-corrected chi connectivity index (χ2v) is 10.5. The molecule has 0 aromatic heterocycles. The van der Waals surface area contributed by atoms with Crippen molar-refractivity contribution in [3.63, 3.8) is 0 Å². The molecule has 0 spiro atoms. The van der Waals surface area contributed by atoms with Gasteiger partial charge >= 0.3 is 0 Å². The van der Waals surface area contributed by atoms with Crippen molar-refractivity contribution in [3.8, 4) is 5.75 Å². The van der Waals surface area contributed by atoms with Crippen molar-refractivity contribution in [2.45, 2.75) is 52.2 Å². The predicted octanol–water partition coefficient (Wildman–Crippen LogP) is 4.43. The maximum Gasteiger partial charge on any atom is 0.250 e. The highest BCUT2D eigenvalue weighted by atomic mass is 28.4. The Labute approximate surface area is 101 Å². The molecule has 2 heteroatoms. The molecular weight excluding hydrogens is 212 g/mol. The van der Waals surface area contributed by atoms with Crippen LogP contribution in [0.4, 0.5) is 0 Å². The van der Waals surface area contributed by atoms with Gasteiger partial charge in [0.2, 0.25) is 8.32 Å². The fourth-order valence-corrected chi connectivity index (χ4v) is 2.20. The summed E-state index contributed by atoms with van der Waals surface area (Å²) in [6, 6.07) is 9.39. The van der Waals surface area contributed by atoms with Gasteiger partial charge in [-0.25, -0.2) is 0 Å². The van der Waals surface area contributed by atoms with Crippen LogP contribution in [-0.2, 0) is 6.42 Å². The van der Waals surface area contributed by atoms with Gasteiger partial charge in [-0.05, 0) is 48.3 Å². The second kappa shape index (κ2) is 4.62. The Morgan fingerprint density at radius 3 is 2.25 bits per heavy atom. The molecule has 0 aliphatic carbocycles. The van der Waals surface area contributed by atoms with Crippen molar-refractivity contribution in [1.82, 2.24) is 0 Å². The Balaban J connectivity index is 2.80. The first-order valence-electron chi connectivity index (χ1n) is 5.96. The lowest BCUT2D eigenvalue weighted by Crippen LogP contribution is -2.43. The number of aryl methyl sites for hydroxylation is 1. The van der Waals surface area contributed by atoms with Crippen LogP contribution in [0.3, 0.4) is 0 Å². The normalized spacial score (nSPS) is 12.6. The molecule has 1 radical (unpaired) electrons. The second-order valence-electron chi connectivity index (χ2n) is 5.77. The summed E-state index contributed by atoms with van der Waals surface area (Å²) in [7, 11) is -1.69. The molecule has 0 atom stereocenters. The van der Waals surface area contributed by atoms with Gasteiger partial charge in [0.25, 0.3) is 0 Å². The summed E-state index contributed by atoms with van der Waals surface area (Å²) in [6.07, 6.45) is 1.03. The molecule has 0 aliphatic rings. The lowest BCUT2D eigenvalue weighted by atomic mass is 10.2. The first kappa shape index (κ1) is 13.3. The molecule has 1 aromatic rings. The van der Waals surface area contributed by atoms with E-state index in [-0.39, 0.29) is 5.04 Å². The van der Waals surface area contributed by atoms with Crippen molar-refractivity contribution in [1.29, 1.82) is 0 Å². The smallest absolute Gasteiger partial charge is 0.250 e. The quantitative estimate of drug-likeness (QED) is 0.704. The van der Waals surface area contributed by atoms with E-state index in [1.165, 1.54) is 5.56 Å². The Morgan fingerprint density at radius 1 is 1.25 bits per heavy atom. The minimum Gasteiger partial charge on any atom is -0.543 e. The van der Waals surface area contributed by atoms with E-state index in [1.807, 2.05) is 6.07 Å². The maximum atomic E-state index is 6.17. The van der Waals surface area contributed by atoms with Gasteiger partial charge in [-0.15, -0.1) is 0 Å². The van der Waals surface area contributed by atoms with Crippen molar-refractivity contribution in [2.75, 3.05) is 0 Å². The number of hydrogen-bond acceptors (Lipinski definition) is 1. The first-order chi connectivity index (χ1) is 7.26. The highest BCUT2D eigenvalue weighted by Gasteiger charge is 2.38. The summed E-state index contributed by atoms with van der Waals surface area (Å²) >= 11 is 0. The highest BCUT2D eigenvalue weighted by molar-refractivity contribution is 6.74. The standard InChI is InChI=1S/C14H23OSi/c1-7-12-8-10-13(11-9-12)15-16(5,6)14(2,3)4/h8,10-11H,7H2,1-6H3. The summed E-state index contributed by atoms with van der Waals surface area (Å²) in [4.78, 5) is 0. The summed E-state index contributed by atoms with van der Waals surface area (Å²) in [5.74, 6) is 0.962. The number of rotatable bonds is 3. The Hall–Kier alpha value is -0.763. The van der Waals surface area contributed by atoms with Crippen LogP contribution in [0.15, 0.2) is 18.2 Å². The van der Waals surface area contributed by atoms with Crippen molar-refractivity contribution in [3.05, 3.63) is 29.8 Å². The van der Waals surface area contributed by atoms with Gasteiger partial charge in [0, 0.05) is 0 Å². The van der Waals surface area contributed by atoms with Gasteiger partial charge in [-0.1, -0.05) is 33.8 Å². The zero-order chi connectivity index (χ0) is 12.4. The van der Waals surface area contributed by atoms with E-state index < -0.39 is 8.32 Å². The molecule has 1 rings (SSSR count). The van der Waals surface area contributed by atoms with Crippen LogP contribution >= 0.6 is 0 Å². The Bertz CT molecular complexity index is 333. The van der Waals surface area contributed by atoms with E-state index in [2.05, 4.69) is 59.0 Å². The van der Waals surface area contributed by atoms with Crippen LogP contribution in [-0.4, -0.2) is 8.32 Å². The van der Waals surface area contributed by atoms with E-state index in [4.69, 9.17) is 4.43 Å². The maximum absolute atomic E-state index is 6.17. The third kappa shape index (κ3) is 3.11. The molecule has 1 aromatic carbocycles. The molecule has 0 heterocycles. The topological polar surface area (TPSA) is 9.23 Å². The van der Waals surface area contributed by atoms with Crippen LogP contribution in [0.1, 0.15) is 33.3 Å². The van der Waals surface area contributed by atoms with Crippen molar-refractivity contribution < 1.29 is 4.43 Å². The third-order valence-corrected chi connectivity index (χ3v) is 7.77. The van der Waals surface area contributed by atoms with Gasteiger partial charge < -0.3 is 4.43 Å². The molecule has 0 unspecified atom stereocenters. The predicted molar refractivity (Wildman–Crippen MR) is 72.5 cm³/mol. The van der Waals surface area contributed by atoms with Crippen LogP contribution < -0.4 is 4.43 Å². The van der Waals surface area contributed by atoms with Crippen LogP contribution in [0.25, 0.3) is 0 Å². The van der Waals surface area contributed by atoms with E-state index in [9.17, 15) is 0 Å². The van der Waals surface area contributed by atoms with Gasteiger partial charge in [0.15, 0.2) is 0 Å². The Kier molecular flexibility index (Phi) is 3.84. The minimum absolute atomic E-state index is 0.246. The van der Waals surface area contributed by atoms with Crippen LogP contribution in [0.5, 0.6) is 5.75 Å². The zero-order valence-corrected chi connectivity index (χ0v) is 12.3. The summed E-state index contributed by atoms with van der Waals surface area (Å²) in [5, 5.41) is 0.246. The monoisotopic (exact) mass is 235 g/mol. The minimum atomic E-state index is -1.69. The summed E-state index contributed by atoms with van der Waals surface area (Å²) < 4.78 is 6.17. The molecule has 1 nitrogen and oxygen atoms in total. The highest BCUT2D eigenvalue weighted by Crippen LogP contribution is 2.37. The molecule has 0 N–H and O–H groups in total. The van der Waals surface area contributed by atoms with Crippen LogP contribution in [0, 0.1) is 6.07 Å². The molecule has 89 valence electrons. The van der Waals surface area contributed by atoms with E-state index >= 15 is 0 Å². The average molecular weight is 235 g/mol. The molecular formula is C14H23OSi. The molecule has 0 amide bonds. The first-order valence-corrected chi connectivity index (χ1v) is 8.87. The van der Waals surface area contributed by atoms with Gasteiger partial charge in [0.05, 0.1) is 0 Å². The number of benzene rings is 1. The molecule has 16 heavy (non-hydrogen) atoms. The van der Waals surface area contributed by atoms with Gasteiger partial charge in [-0.3, -0.25) is 0 Å². The fraction of sp³-hybridized carbons (Fsp3) is 0.571. The molecule has 0 fully saturated rings. The third-order valence-electron chi connectivity index (χ3n) is 3.41. The van der Waals surface area contributed by atoms with Gasteiger partial charge in [0.1, 0.15) is 5.75 Å². The van der Waals surface area contributed by atoms with Crippen LogP contribution in [0.2, 0.25) is 18.1 Å². The molecule has 0 bridgehead atoms. The zero-order valence-electron chi connectivity index (χ0n) is 11.3. The lowest BCUT2D eigenvalue weighted by Gasteiger charge is -2.36. The van der Waals surface area contributed by atoms with E-state index in [0.29, 0.717) is 0 Å². The Morgan fingerprint density at radius 2 is 1.88 bits per heavy atom. The largest absolute Gasteiger partial charge is 0.543 e. The summed E-state index contributed by atoms with van der Waals surface area (Å²) in [5.41, 5.74) is 1.24. The SMILES string of the molecule is CCc1[c]cc(O[Si](C)(C)C(C)(C)C)cc1. The lowest BCUT2D eigenvalue weighted by molar-refractivity contribution is 0.492. The molecule has 0 aliphatic heterocycles. The van der Waals surface area contributed by atoms with Crippen molar-refractivity contribution in [2.24, 2.45) is 0 Å². The number of hydrogen-bond donors (Lipinski definition) is 0. The van der Waals surface area contributed by atoms with Gasteiger partial charge in [-0.2, -0.15) is 0 Å². The fourth-order valence-electron chi connectivity index (χ4n) is 1.17. The van der Waals surface area contributed by atoms with E-state index in [0.717, 1.165) is 12.2 Å². The van der Waals surface area contributed by atoms with Crippen molar-refractivity contribution >= 4 is 8.32 Å². The summed E-state index contributed by atoms with van der Waals surface area (Å²) in [6.45, 7) is 13.4.